The van der Waals surface area contributed by atoms with E-state index in [9.17, 15) is 19.2 Å². The Balaban J connectivity index is 1.50. The third-order valence-electron chi connectivity index (χ3n) is 20.0. The second kappa shape index (κ2) is 39.4. The van der Waals surface area contributed by atoms with Crippen molar-refractivity contribution in [3.8, 4) is 34.1 Å². The lowest BCUT2D eigenvalue weighted by atomic mass is 9.78. The first-order valence-corrected chi connectivity index (χ1v) is 38.3. The van der Waals surface area contributed by atoms with Crippen LogP contribution in [0.5, 0.6) is 23.0 Å². The molecule has 0 fully saturated rings. The lowest BCUT2D eigenvalue weighted by Crippen LogP contribution is -2.38. The monoisotopic (exact) mass is 1290 g/mol. The second-order valence-electron chi connectivity index (χ2n) is 29.7. The molecule has 6 unspecified atom stereocenters. The van der Waals surface area contributed by atoms with E-state index in [-0.39, 0.29) is 38.9 Å². The fourth-order valence-corrected chi connectivity index (χ4v) is 15.7. The number of nitrogens with zero attached hydrogens (tertiary/aromatic N) is 2. The summed E-state index contributed by atoms with van der Waals surface area (Å²) in [5.74, 6) is 6.57. The molecule has 0 aromatic heterocycles. The minimum absolute atomic E-state index is 0.124. The Morgan fingerprint density at radius 3 is 1.07 bits per heavy atom. The van der Waals surface area contributed by atoms with E-state index in [2.05, 4.69) is 93.1 Å². The van der Waals surface area contributed by atoms with Crippen LogP contribution in [0.1, 0.15) is 270 Å². The number of carbonyl (C=O) groups is 4. The second-order valence-corrected chi connectivity index (χ2v) is 32.4. The number of carbonyl (C=O) groups excluding carboxylic acids is 4. The summed E-state index contributed by atoms with van der Waals surface area (Å²) in [6.07, 6.45) is 25.2. The van der Waals surface area contributed by atoms with Crippen LogP contribution in [-0.4, -0.2) is 110 Å². The van der Waals surface area contributed by atoms with Gasteiger partial charge in [0, 0.05) is 59.9 Å². The van der Waals surface area contributed by atoms with E-state index >= 15 is 0 Å². The first-order chi connectivity index (χ1) is 42.8. The molecule has 5 rings (SSSR count). The molecule has 0 saturated heterocycles. The Labute approximate surface area is 555 Å². The van der Waals surface area contributed by atoms with Crippen LogP contribution in [-0.2, 0) is 41.5 Å². The summed E-state index contributed by atoms with van der Waals surface area (Å²) in [5, 5.41) is 0. The number of ether oxygens (including phenoxy) is 6. The molecule has 0 spiro atoms. The number of benzene rings is 2. The number of cyclic esters (lactones) is 2. The maximum Gasteiger partial charge on any atom is 0.311 e. The zero-order valence-corrected chi connectivity index (χ0v) is 61.3. The SMILES string of the molecule is Cc1c(C)c2c(c3c1OC(C)(CCCC(C)CCCC(C)CCCC(C)C)CC3)-c1c3c(c(C)c(C)c1OC(=O)CCC(=O)OCCCN(C)CCSSCCN(C)CCCOC(=O)CCC(=O)O2)OC(C)(CCCC(C)CCCC(C)CCCC(C)C)CC3. The van der Waals surface area contributed by atoms with E-state index in [1.807, 2.05) is 49.3 Å². The largest absolute Gasteiger partial charge is 0.487 e. The summed E-state index contributed by atoms with van der Waals surface area (Å²) in [6.45, 7) is 35.4. The zero-order chi connectivity index (χ0) is 66.0. The first kappa shape index (κ1) is 77.2. The van der Waals surface area contributed by atoms with Crippen molar-refractivity contribution in [3.63, 3.8) is 0 Å². The molecule has 3 aliphatic heterocycles. The number of rotatable bonds is 24. The molecule has 0 aliphatic carbocycles. The van der Waals surface area contributed by atoms with Crippen LogP contribution in [0.15, 0.2) is 0 Å². The molecule has 0 amide bonds. The third-order valence-corrected chi connectivity index (χ3v) is 22.4. The van der Waals surface area contributed by atoms with Gasteiger partial charge in [-0.2, -0.15) is 0 Å². The summed E-state index contributed by atoms with van der Waals surface area (Å²) in [7, 11) is 7.87. The molecular weight excluding hydrogens is 1160 g/mol. The fraction of sp³-hybridized carbons (Fsp3) is 0.789. The lowest BCUT2D eigenvalue weighted by Gasteiger charge is -2.41. The highest BCUT2D eigenvalue weighted by Gasteiger charge is 2.41. The standard InChI is InChI=1S/C76H126N2O10S2/c1-53(2)25-17-27-55(5)29-19-31-57(7)33-21-41-75(13)43-39-63-69-70-64-40-44-76(14,42-22-34-58(8)32-20-30-56(6)28-18-26-54(3)4)88-72(64)60(10)62(12)74(70)86-68(82)38-36-66(80)84-50-24-46-78(16)48-52-90-89-51-47-77(15)45-23-49-83-65(79)35-37-67(81)85-73(69)61(11)59(9)71(63)87-75/h53-58H,17-52H2,1-16H3. The summed E-state index contributed by atoms with van der Waals surface area (Å²) < 4.78 is 39.4. The van der Waals surface area contributed by atoms with Gasteiger partial charge in [-0.05, 0) is 178 Å². The maximum absolute atomic E-state index is 14.4. The van der Waals surface area contributed by atoms with E-state index < -0.39 is 35.1 Å². The van der Waals surface area contributed by atoms with Crippen LogP contribution in [0.25, 0.3) is 11.1 Å². The summed E-state index contributed by atoms with van der Waals surface area (Å²) in [6, 6.07) is 0. The lowest BCUT2D eigenvalue weighted by molar-refractivity contribution is -0.147. The summed E-state index contributed by atoms with van der Waals surface area (Å²) >= 11 is 0. The van der Waals surface area contributed by atoms with E-state index in [0.29, 0.717) is 60.1 Å². The minimum atomic E-state index is -0.558. The topological polar surface area (TPSA) is 130 Å². The molecule has 2 aromatic carbocycles. The Hall–Kier alpha value is -3.46. The van der Waals surface area contributed by atoms with Crippen molar-refractivity contribution in [3.05, 3.63) is 33.4 Å². The van der Waals surface area contributed by atoms with Gasteiger partial charge in [0.15, 0.2) is 0 Å². The predicted octanol–water partition coefficient (Wildman–Crippen LogP) is 19.1. The molecule has 0 radical (unpaired) electrons. The summed E-state index contributed by atoms with van der Waals surface area (Å²) in [5.41, 5.74) is 5.45. The molecule has 0 saturated carbocycles. The molecule has 0 bridgehead atoms. The number of esters is 4. The van der Waals surface area contributed by atoms with Gasteiger partial charge in [0.1, 0.15) is 34.2 Å². The maximum atomic E-state index is 14.4. The highest BCUT2D eigenvalue weighted by molar-refractivity contribution is 8.76. The fourth-order valence-electron chi connectivity index (χ4n) is 13.5. The number of hydrogen-bond donors (Lipinski definition) is 0. The quantitative estimate of drug-likeness (QED) is 0.0561. The molecule has 12 nitrogen and oxygen atoms in total. The van der Waals surface area contributed by atoms with Gasteiger partial charge in [-0.15, -0.1) is 0 Å². The van der Waals surface area contributed by atoms with E-state index in [4.69, 9.17) is 28.4 Å². The van der Waals surface area contributed by atoms with Crippen molar-refractivity contribution in [2.24, 2.45) is 35.5 Å². The van der Waals surface area contributed by atoms with Gasteiger partial charge in [0.25, 0.3) is 0 Å². The molecule has 0 N–H and O–H groups in total. The molecule has 90 heavy (non-hydrogen) atoms. The average Bonchev–Trinajstić information content (AvgIpc) is 0.793. The highest BCUT2D eigenvalue weighted by Crippen LogP contribution is 2.56. The normalized spacial score (nSPS) is 21.9. The van der Waals surface area contributed by atoms with Crippen LogP contribution in [0.3, 0.4) is 0 Å². The summed E-state index contributed by atoms with van der Waals surface area (Å²) in [4.78, 5) is 59.9. The van der Waals surface area contributed by atoms with Crippen LogP contribution >= 0.6 is 21.6 Å². The molecule has 14 heteroatoms. The highest BCUT2D eigenvalue weighted by atomic mass is 33.1. The van der Waals surface area contributed by atoms with Crippen LogP contribution < -0.4 is 18.9 Å². The van der Waals surface area contributed by atoms with Gasteiger partial charge >= 0.3 is 23.9 Å². The molecule has 3 aliphatic rings. The van der Waals surface area contributed by atoms with Crippen molar-refractivity contribution in [1.29, 1.82) is 0 Å². The van der Waals surface area contributed by atoms with Gasteiger partial charge < -0.3 is 38.2 Å². The Kier molecular flexibility index (Phi) is 33.8. The van der Waals surface area contributed by atoms with Crippen molar-refractivity contribution in [1.82, 2.24) is 9.80 Å². The van der Waals surface area contributed by atoms with Gasteiger partial charge in [-0.3, -0.25) is 19.2 Å². The van der Waals surface area contributed by atoms with Crippen molar-refractivity contribution in [2.45, 2.75) is 288 Å². The zero-order valence-electron chi connectivity index (χ0n) is 59.7. The molecule has 3 heterocycles. The van der Waals surface area contributed by atoms with Crippen molar-refractivity contribution >= 4 is 45.5 Å². The van der Waals surface area contributed by atoms with E-state index in [1.54, 1.807) is 0 Å². The van der Waals surface area contributed by atoms with Crippen LogP contribution in [0.2, 0.25) is 0 Å². The van der Waals surface area contributed by atoms with Crippen molar-refractivity contribution < 1.29 is 47.6 Å². The van der Waals surface area contributed by atoms with Crippen LogP contribution in [0, 0.1) is 63.2 Å². The molecule has 6 atom stereocenters. The predicted molar refractivity (Wildman–Crippen MR) is 376 cm³/mol. The van der Waals surface area contributed by atoms with Crippen LogP contribution in [0.4, 0.5) is 0 Å². The van der Waals surface area contributed by atoms with E-state index in [0.717, 1.165) is 158 Å². The Morgan fingerprint density at radius 1 is 0.411 bits per heavy atom. The van der Waals surface area contributed by atoms with Gasteiger partial charge in [-0.25, -0.2) is 0 Å². The van der Waals surface area contributed by atoms with Crippen molar-refractivity contribution in [2.75, 3.05) is 65.0 Å². The van der Waals surface area contributed by atoms with E-state index in [1.165, 1.54) is 77.0 Å². The molecule has 512 valence electrons. The Morgan fingerprint density at radius 2 is 0.722 bits per heavy atom. The minimum Gasteiger partial charge on any atom is -0.487 e. The van der Waals surface area contributed by atoms with Gasteiger partial charge in [0.2, 0.25) is 0 Å². The van der Waals surface area contributed by atoms with Gasteiger partial charge in [0.05, 0.1) is 38.9 Å². The first-order valence-electron chi connectivity index (χ1n) is 35.8. The van der Waals surface area contributed by atoms with Gasteiger partial charge in [-0.1, -0.05) is 167 Å². The number of fused-ring (bicyclic) bond motifs is 7. The smallest absolute Gasteiger partial charge is 0.311 e. The molecular formula is C76H126N2O10S2. The Bertz CT molecular complexity index is 2380. The molecule has 2 aromatic rings. The average molecular weight is 1290 g/mol. The third kappa shape index (κ3) is 26.4. The number of hydrogen-bond acceptors (Lipinski definition) is 14.